The van der Waals surface area contributed by atoms with Crippen LogP contribution in [0.1, 0.15) is 51.4 Å². The number of fused-ring (bicyclic) bond motifs is 2. The van der Waals surface area contributed by atoms with Gasteiger partial charge in [-0.3, -0.25) is 14.5 Å². The summed E-state index contributed by atoms with van der Waals surface area (Å²) in [5.74, 6) is 0.831. The first-order valence-electron chi connectivity index (χ1n) is 17.1. The summed E-state index contributed by atoms with van der Waals surface area (Å²) < 4.78 is 12.7. The summed E-state index contributed by atoms with van der Waals surface area (Å²) in [4.78, 5) is 33.5. The minimum atomic E-state index is -0.398. The number of Topliss-reactive ketones (excluding diaryl/α,β-unsaturated/α-hetero) is 1. The number of nitrogens with zero attached hydrogens (tertiary/aromatic N) is 5. The lowest BCUT2D eigenvalue weighted by Gasteiger charge is -2.29. The van der Waals surface area contributed by atoms with Crippen LogP contribution in [0.5, 0.6) is 11.5 Å². The van der Waals surface area contributed by atoms with Crippen molar-refractivity contribution in [1.29, 1.82) is 0 Å². The Morgan fingerprint density at radius 1 is 0.882 bits per heavy atom. The Balaban J connectivity index is 1.04. The molecule has 0 fully saturated rings. The zero-order valence-electron chi connectivity index (χ0n) is 29.2. The summed E-state index contributed by atoms with van der Waals surface area (Å²) in [5.41, 5.74) is 7.88. The molecule has 6 aromatic rings. The van der Waals surface area contributed by atoms with Crippen LogP contribution < -0.4 is 14.8 Å². The van der Waals surface area contributed by atoms with Gasteiger partial charge in [0.1, 0.15) is 11.4 Å². The Morgan fingerprint density at radius 2 is 1.65 bits per heavy atom. The fourth-order valence-corrected chi connectivity index (χ4v) is 6.47. The Morgan fingerprint density at radius 3 is 2.41 bits per heavy atom. The summed E-state index contributed by atoms with van der Waals surface area (Å²) in [6.07, 6.45) is 3.75. The SMILES string of the molecule is COc1cc2c(cc1OC)CN(CCc1ccc(-n3cc(-c4ccc(C(=O)C(C)C)c(NC(=O)c5ccc6ccccc6n5)c4)nn3)cc1)CC2. The molecule has 10 nitrogen and oxygen atoms in total. The van der Waals surface area contributed by atoms with Crippen LogP contribution in [-0.2, 0) is 19.4 Å². The summed E-state index contributed by atoms with van der Waals surface area (Å²) in [5, 5.41) is 12.7. The van der Waals surface area contributed by atoms with Crippen molar-refractivity contribution in [2.24, 2.45) is 5.92 Å². The molecule has 258 valence electrons. The molecular formula is C41H40N6O4. The van der Waals surface area contributed by atoms with E-state index in [9.17, 15) is 9.59 Å². The molecule has 0 saturated carbocycles. The van der Waals surface area contributed by atoms with Crippen LogP contribution >= 0.6 is 0 Å². The van der Waals surface area contributed by atoms with Crippen LogP contribution in [0, 0.1) is 5.92 Å². The highest BCUT2D eigenvalue weighted by Gasteiger charge is 2.21. The highest BCUT2D eigenvalue weighted by Crippen LogP contribution is 2.33. The van der Waals surface area contributed by atoms with Crippen molar-refractivity contribution in [2.45, 2.75) is 33.2 Å². The highest BCUT2D eigenvalue weighted by molar-refractivity contribution is 6.10. The molecule has 1 aliphatic heterocycles. The number of hydrogen-bond acceptors (Lipinski definition) is 8. The van der Waals surface area contributed by atoms with Crippen LogP contribution in [0.3, 0.4) is 0 Å². The van der Waals surface area contributed by atoms with E-state index in [-0.39, 0.29) is 17.4 Å². The summed E-state index contributed by atoms with van der Waals surface area (Å²) in [7, 11) is 3.35. The number of methoxy groups -OCH3 is 2. The summed E-state index contributed by atoms with van der Waals surface area (Å²) >= 11 is 0. The Bertz CT molecular complexity index is 2230. The van der Waals surface area contributed by atoms with Crippen molar-refractivity contribution in [2.75, 3.05) is 32.6 Å². The van der Waals surface area contributed by atoms with E-state index in [4.69, 9.17) is 9.47 Å². The number of amides is 1. The van der Waals surface area contributed by atoms with Crippen molar-refractivity contribution in [3.05, 3.63) is 125 Å². The van der Waals surface area contributed by atoms with Crippen molar-refractivity contribution in [1.82, 2.24) is 24.9 Å². The predicted molar refractivity (Wildman–Crippen MR) is 198 cm³/mol. The average Bonchev–Trinajstić information content (AvgIpc) is 3.66. The molecule has 1 aliphatic rings. The average molecular weight is 681 g/mol. The van der Waals surface area contributed by atoms with E-state index >= 15 is 0 Å². The van der Waals surface area contributed by atoms with Gasteiger partial charge < -0.3 is 14.8 Å². The molecular weight excluding hydrogens is 640 g/mol. The van der Waals surface area contributed by atoms with E-state index in [2.05, 4.69) is 49.8 Å². The third-order valence-electron chi connectivity index (χ3n) is 9.39. The molecule has 51 heavy (non-hydrogen) atoms. The van der Waals surface area contributed by atoms with E-state index in [0.717, 1.165) is 66.1 Å². The number of aromatic nitrogens is 4. The molecule has 0 aliphatic carbocycles. The van der Waals surface area contributed by atoms with E-state index < -0.39 is 5.91 Å². The van der Waals surface area contributed by atoms with Gasteiger partial charge in [0, 0.05) is 42.1 Å². The quantitative estimate of drug-likeness (QED) is 0.143. The maximum absolute atomic E-state index is 13.4. The molecule has 10 heteroatoms. The van der Waals surface area contributed by atoms with Crippen molar-refractivity contribution >= 4 is 28.3 Å². The lowest BCUT2D eigenvalue weighted by molar-refractivity contribution is 0.0940. The first-order chi connectivity index (χ1) is 24.8. The number of rotatable bonds is 11. The second-order valence-electron chi connectivity index (χ2n) is 13.1. The van der Waals surface area contributed by atoms with E-state index in [1.54, 1.807) is 37.1 Å². The van der Waals surface area contributed by atoms with Crippen LogP contribution in [0.4, 0.5) is 5.69 Å². The van der Waals surface area contributed by atoms with Gasteiger partial charge in [-0.25, -0.2) is 9.67 Å². The summed E-state index contributed by atoms with van der Waals surface area (Å²) in [6.45, 7) is 6.51. The van der Waals surface area contributed by atoms with E-state index in [0.29, 0.717) is 16.9 Å². The number of pyridine rings is 1. The van der Waals surface area contributed by atoms with Gasteiger partial charge in [-0.05, 0) is 78.1 Å². The molecule has 0 unspecified atom stereocenters. The van der Waals surface area contributed by atoms with Gasteiger partial charge in [0.2, 0.25) is 0 Å². The fraction of sp³-hybridized carbons (Fsp3) is 0.244. The topological polar surface area (TPSA) is 111 Å². The van der Waals surface area contributed by atoms with Crippen LogP contribution in [0.2, 0.25) is 0 Å². The number of carbonyl (C=O) groups is 2. The molecule has 0 bridgehead atoms. The standard InChI is InChI=1S/C41H40N6O4/c1-26(2)40(48)33-15-11-30(21-36(33)43-41(49)35-16-12-28-7-5-6-8-34(28)42-35)37-25-47(45-44-37)32-13-9-27(10-14-32)17-19-46-20-18-29-22-38(50-3)39(51-4)23-31(29)24-46/h5-16,21-23,25-26H,17-20,24H2,1-4H3,(H,43,49). The monoisotopic (exact) mass is 680 g/mol. The number of ether oxygens (including phenoxy) is 2. The molecule has 1 N–H and O–H groups in total. The van der Waals surface area contributed by atoms with Crippen molar-refractivity contribution in [3.8, 4) is 28.4 Å². The maximum Gasteiger partial charge on any atom is 0.274 e. The van der Waals surface area contributed by atoms with Crippen molar-refractivity contribution in [3.63, 3.8) is 0 Å². The number of anilines is 1. The van der Waals surface area contributed by atoms with Crippen molar-refractivity contribution < 1.29 is 19.1 Å². The van der Waals surface area contributed by atoms with Gasteiger partial charge in [-0.2, -0.15) is 0 Å². The second kappa shape index (κ2) is 14.5. The van der Waals surface area contributed by atoms with E-state index in [1.807, 2.05) is 68.6 Å². The minimum absolute atomic E-state index is 0.0712. The molecule has 0 atom stereocenters. The Hall–Kier alpha value is -5.87. The van der Waals surface area contributed by atoms with E-state index in [1.165, 1.54) is 16.7 Å². The molecule has 1 amide bonds. The van der Waals surface area contributed by atoms with Crippen LogP contribution in [-0.4, -0.2) is 63.9 Å². The molecule has 3 heterocycles. The normalized spacial score (nSPS) is 12.9. The molecule has 2 aromatic heterocycles. The number of benzene rings is 4. The minimum Gasteiger partial charge on any atom is -0.493 e. The third-order valence-corrected chi connectivity index (χ3v) is 9.39. The number of carbonyl (C=O) groups excluding carboxylic acids is 2. The molecule has 7 rings (SSSR count). The third kappa shape index (κ3) is 7.22. The largest absolute Gasteiger partial charge is 0.493 e. The van der Waals surface area contributed by atoms with Crippen LogP contribution in [0.25, 0.3) is 27.8 Å². The van der Waals surface area contributed by atoms with Gasteiger partial charge in [0.15, 0.2) is 17.3 Å². The van der Waals surface area contributed by atoms with Crippen LogP contribution in [0.15, 0.2) is 97.2 Å². The Kier molecular flexibility index (Phi) is 9.59. The van der Waals surface area contributed by atoms with Gasteiger partial charge in [0.05, 0.1) is 37.3 Å². The maximum atomic E-state index is 13.4. The predicted octanol–water partition coefficient (Wildman–Crippen LogP) is 7.19. The zero-order valence-corrected chi connectivity index (χ0v) is 29.2. The lowest BCUT2D eigenvalue weighted by atomic mass is 9.97. The second-order valence-corrected chi connectivity index (χ2v) is 13.1. The smallest absolute Gasteiger partial charge is 0.274 e. The summed E-state index contributed by atoms with van der Waals surface area (Å²) in [6, 6.07) is 29.1. The van der Waals surface area contributed by atoms with Gasteiger partial charge in [0.25, 0.3) is 5.91 Å². The number of ketones is 1. The zero-order chi connectivity index (χ0) is 35.5. The molecule has 4 aromatic carbocycles. The van der Waals surface area contributed by atoms with Gasteiger partial charge >= 0.3 is 0 Å². The lowest BCUT2D eigenvalue weighted by Crippen LogP contribution is -2.32. The highest BCUT2D eigenvalue weighted by atomic mass is 16.5. The molecule has 0 spiro atoms. The number of para-hydroxylation sites is 1. The first-order valence-corrected chi connectivity index (χ1v) is 17.1. The number of hydrogen-bond donors (Lipinski definition) is 1. The van der Waals surface area contributed by atoms with Gasteiger partial charge in [-0.1, -0.05) is 61.5 Å². The Labute approximate surface area is 297 Å². The fourth-order valence-electron chi connectivity index (χ4n) is 6.47. The van der Waals surface area contributed by atoms with Gasteiger partial charge in [-0.15, -0.1) is 5.10 Å². The molecule has 0 radical (unpaired) electrons. The molecule has 0 saturated heterocycles. The number of nitrogens with one attached hydrogen (secondary N) is 1. The first kappa shape index (κ1) is 33.6.